The number of anilines is 2. The van der Waals surface area contributed by atoms with Crippen molar-refractivity contribution in [2.24, 2.45) is 4.99 Å². The molecule has 4 rings (SSSR count). The molecule has 2 aromatic carbocycles. The summed E-state index contributed by atoms with van der Waals surface area (Å²) >= 11 is 0. The summed E-state index contributed by atoms with van der Waals surface area (Å²) in [6.45, 7) is 6.79. The van der Waals surface area contributed by atoms with E-state index in [1.165, 1.54) is 16.9 Å². The number of aliphatic imine (C=N–C) groups is 1. The van der Waals surface area contributed by atoms with Crippen molar-refractivity contribution in [2.45, 2.75) is 6.54 Å². The van der Waals surface area contributed by atoms with Crippen molar-refractivity contribution in [3.63, 3.8) is 0 Å². The van der Waals surface area contributed by atoms with Crippen LogP contribution in [0.2, 0.25) is 0 Å². The molecule has 2 heterocycles. The van der Waals surface area contributed by atoms with Gasteiger partial charge >= 0.3 is 0 Å². The van der Waals surface area contributed by atoms with Crippen LogP contribution in [0.5, 0.6) is 0 Å². The number of piperazine rings is 1. The first kappa shape index (κ1) is 18.4. The summed E-state index contributed by atoms with van der Waals surface area (Å²) in [5.41, 5.74) is 3.88. The molecule has 2 aromatic rings. The number of hydrogen-bond donors (Lipinski definition) is 1. The zero-order valence-corrected chi connectivity index (χ0v) is 16.6. The third-order valence-corrected chi connectivity index (χ3v) is 5.46. The van der Waals surface area contributed by atoms with E-state index in [0.717, 1.165) is 51.8 Å². The topological polar surface area (TPSA) is 34.1 Å². The van der Waals surface area contributed by atoms with Gasteiger partial charge in [0.25, 0.3) is 0 Å². The molecule has 1 N–H and O–H groups in total. The largest absolute Gasteiger partial charge is 0.368 e. The van der Waals surface area contributed by atoms with Gasteiger partial charge in [0.15, 0.2) is 5.96 Å². The van der Waals surface area contributed by atoms with Crippen LogP contribution in [-0.4, -0.2) is 57.2 Å². The van der Waals surface area contributed by atoms with Crippen molar-refractivity contribution in [1.29, 1.82) is 0 Å². The second-order valence-corrected chi connectivity index (χ2v) is 7.26. The molecule has 0 unspecified atom stereocenters. The summed E-state index contributed by atoms with van der Waals surface area (Å²) in [4.78, 5) is 11.7. The lowest BCUT2D eigenvalue weighted by atomic mass is 10.2. The van der Waals surface area contributed by atoms with Crippen LogP contribution in [0.1, 0.15) is 5.56 Å². The third kappa shape index (κ3) is 4.30. The van der Waals surface area contributed by atoms with Crippen molar-refractivity contribution in [1.82, 2.24) is 10.2 Å². The number of rotatable bonds is 4. The number of guanidine groups is 1. The molecule has 5 heteroatoms. The molecule has 0 aliphatic carbocycles. The van der Waals surface area contributed by atoms with Crippen LogP contribution < -0.4 is 15.1 Å². The van der Waals surface area contributed by atoms with Crippen LogP contribution in [0.25, 0.3) is 0 Å². The Morgan fingerprint density at radius 2 is 1.57 bits per heavy atom. The Kier molecular flexibility index (Phi) is 5.80. The molecular weight excluding hydrogens is 346 g/mol. The molecule has 0 spiro atoms. The maximum absolute atomic E-state index is 4.52. The standard InChI is InChI=1S/C23H29N5/c1-24-23(28-16-14-27(15-17-28)21-9-3-2-4-10-21)25-19-20-8-7-11-22(18-20)26-12-5-6-13-26/h2-11,18H,12-17,19H2,1H3,(H,24,25). The van der Waals surface area contributed by atoms with Crippen LogP contribution in [-0.2, 0) is 6.54 Å². The molecule has 2 aliphatic heterocycles. The maximum Gasteiger partial charge on any atom is 0.194 e. The van der Waals surface area contributed by atoms with Gasteiger partial charge in [-0.05, 0) is 29.8 Å². The Morgan fingerprint density at radius 3 is 2.29 bits per heavy atom. The first-order chi connectivity index (χ1) is 13.8. The van der Waals surface area contributed by atoms with E-state index < -0.39 is 0 Å². The third-order valence-electron chi connectivity index (χ3n) is 5.46. The number of nitrogens with one attached hydrogen (secondary N) is 1. The van der Waals surface area contributed by atoms with Gasteiger partial charge in [0, 0.05) is 64.2 Å². The fraction of sp³-hybridized carbons (Fsp3) is 0.348. The van der Waals surface area contributed by atoms with Gasteiger partial charge < -0.3 is 20.0 Å². The van der Waals surface area contributed by atoms with E-state index in [0.29, 0.717) is 0 Å². The molecule has 0 atom stereocenters. The van der Waals surface area contributed by atoms with Gasteiger partial charge in [-0.2, -0.15) is 0 Å². The molecule has 0 bridgehead atoms. The smallest absolute Gasteiger partial charge is 0.194 e. The summed E-state index contributed by atoms with van der Waals surface area (Å²) in [6.07, 6.45) is 4.45. The summed E-state index contributed by atoms with van der Waals surface area (Å²) in [6, 6.07) is 19.4. The Labute approximate surface area is 168 Å². The van der Waals surface area contributed by atoms with E-state index in [9.17, 15) is 0 Å². The second-order valence-electron chi connectivity index (χ2n) is 7.26. The zero-order chi connectivity index (χ0) is 19.2. The number of nitrogens with zero attached hydrogens (tertiary/aromatic N) is 4. The van der Waals surface area contributed by atoms with Crippen LogP contribution in [0.4, 0.5) is 11.4 Å². The Bertz CT molecular complexity index is 814. The minimum absolute atomic E-state index is 0.792. The van der Waals surface area contributed by atoms with Crippen molar-refractivity contribution in [3.05, 3.63) is 72.3 Å². The zero-order valence-electron chi connectivity index (χ0n) is 16.6. The predicted octanol–water partition coefficient (Wildman–Crippen LogP) is 2.96. The number of benzene rings is 2. The van der Waals surface area contributed by atoms with Crippen molar-refractivity contribution in [2.75, 3.05) is 56.1 Å². The molecule has 0 aromatic heterocycles. The van der Waals surface area contributed by atoms with Crippen LogP contribution in [0.15, 0.2) is 71.7 Å². The fourth-order valence-corrected chi connectivity index (χ4v) is 3.88. The highest BCUT2D eigenvalue weighted by molar-refractivity contribution is 5.80. The number of para-hydroxylation sites is 1. The van der Waals surface area contributed by atoms with E-state index in [4.69, 9.17) is 0 Å². The van der Waals surface area contributed by atoms with E-state index >= 15 is 0 Å². The highest BCUT2D eigenvalue weighted by Crippen LogP contribution is 2.19. The molecule has 2 aliphatic rings. The fourth-order valence-electron chi connectivity index (χ4n) is 3.88. The molecule has 146 valence electrons. The first-order valence-electron chi connectivity index (χ1n) is 10.1. The minimum Gasteiger partial charge on any atom is -0.368 e. The van der Waals surface area contributed by atoms with E-state index in [-0.39, 0.29) is 0 Å². The lowest BCUT2D eigenvalue weighted by Gasteiger charge is -2.37. The Hall–Kier alpha value is -2.95. The van der Waals surface area contributed by atoms with Crippen molar-refractivity contribution >= 4 is 17.3 Å². The first-order valence-corrected chi connectivity index (χ1v) is 10.1. The molecule has 5 nitrogen and oxygen atoms in total. The SMILES string of the molecule is CN=C(NCc1cccc(N2CC=CC2)c1)N1CCN(c2ccccc2)CC1. The maximum atomic E-state index is 4.52. The quantitative estimate of drug-likeness (QED) is 0.506. The van der Waals surface area contributed by atoms with Gasteiger partial charge in [0.2, 0.25) is 0 Å². The summed E-state index contributed by atoms with van der Waals surface area (Å²) in [5.74, 6) is 0.987. The molecule has 28 heavy (non-hydrogen) atoms. The van der Waals surface area contributed by atoms with Crippen molar-refractivity contribution < 1.29 is 0 Å². The minimum atomic E-state index is 0.792. The van der Waals surface area contributed by atoms with Crippen LogP contribution in [0, 0.1) is 0 Å². The molecular formula is C23H29N5. The molecule has 0 saturated carbocycles. The van der Waals surface area contributed by atoms with Gasteiger partial charge in [-0.25, -0.2) is 0 Å². The average molecular weight is 376 g/mol. The van der Waals surface area contributed by atoms with Gasteiger partial charge in [0.05, 0.1) is 0 Å². The highest BCUT2D eigenvalue weighted by atomic mass is 15.3. The van der Waals surface area contributed by atoms with E-state index in [1.807, 2.05) is 7.05 Å². The van der Waals surface area contributed by atoms with Gasteiger partial charge in [0.1, 0.15) is 0 Å². The Morgan fingerprint density at radius 1 is 0.857 bits per heavy atom. The van der Waals surface area contributed by atoms with E-state index in [2.05, 4.69) is 91.8 Å². The summed E-state index contributed by atoms with van der Waals surface area (Å²) in [5, 5.41) is 3.55. The summed E-state index contributed by atoms with van der Waals surface area (Å²) < 4.78 is 0. The average Bonchev–Trinajstić information content (AvgIpc) is 3.31. The highest BCUT2D eigenvalue weighted by Gasteiger charge is 2.19. The molecule has 1 saturated heterocycles. The summed E-state index contributed by atoms with van der Waals surface area (Å²) in [7, 11) is 1.87. The molecule has 0 amide bonds. The van der Waals surface area contributed by atoms with E-state index in [1.54, 1.807) is 0 Å². The normalized spacial score (nSPS) is 17.3. The van der Waals surface area contributed by atoms with Crippen molar-refractivity contribution in [3.8, 4) is 0 Å². The molecule has 1 fully saturated rings. The Balaban J connectivity index is 1.31. The van der Waals surface area contributed by atoms with Gasteiger partial charge in [-0.3, -0.25) is 4.99 Å². The lowest BCUT2D eigenvalue weighted by Crippen LogP contribution is -2.52. The second kappa shape index (κ2) is 8.83. The number of hydrogen-bond acceptors (Lipinski definition) is 3. The monoisotopic (exact) mass is 375 g/mol. The van der Waals surface area contributed by atoms with Gasteiger partial charge in [-0.1, -0.05) is 42.5 Å². The predicted molar refractivity (Wildman–Crippen MR) is 118 cm³/mol. The lowest BCUT2D eigenvalue weighted by molar-refractivity contribution is 0.372. The van der Waals surface area contributed by atoms with Crippen LogP contribution in [0.3, 0.4) is 0 Å². The van der Waals surface area contributed by atoms with Crippen LogP contribution >= 0.6 is 0 Å². The van der Waals surface area contributed by atoms with Gasteiger partial charge in [-0.15, -0.1) is 0 Å². The molecule has 0 radical (unpaired) electrons.